The van der Waals surface area contributed by atoms with E-state index in [1.165, 1.54) is 19.3 Å². The van der Waals surface area contributed by atoms with Crippen molar-refractivity contribution in [2.45, 2.75) is 39.2 Å². The van der Waals surface area contributed by atoms with Crippen LogP contribution < -0.4 is 0 Å². The lowest BCUT2D eigenvalue weighted by atomic mass is 10.0. The average Bonchev–Trinajstić information content (AvgIpc) is 2.09. The van der Waals surface area contributed by atoms with E-state index < -0.39 is 0 Å². The van der Waals surface area contributed by atoms with Crippen molar-refractivity contribution in [3.63, 3.8) is 0 Å². The molecule has 0 bridgehead atoms. The van der Waals surface area contributed by atoms with Gasteiger partial charge in [-0.3, -0.25) is 9.69 Å². The SMILES string of the molecule is CCOC(=O)CN1CCCC[C@@H]1C. The molecule has 1 heterocycles. The van der Waals surface area contributed by atoms with Gasteiger partial charge in [-0.2, -0.15) is 0 Å². The molecule has 1 rings (SSSR count). The Kier molecular flexibility index (Phi) is 4.22. The van der Waals surface area contributed by atoms with Crippen LogP contribution in [0, 0.1) is 0 Å². The van der Waals surface area contributed by atoms with Crippen molar-refractivity contribution < 1.29 is 9.53 Å². The largest absolute Gasteiger partial charge is 0.465 e. The average molecular weight is 185 g/mol. The highest BCUT2D eigenvalue weighted by atomic mass is 16.5. The molecule has 1 aliphatic heterocycles. The van der Waals surface area contributed by atoms with Gasteiger partial charge in [-0.25, -0.2) is 0 Å². The molecule has 0 spiro atoms. The standard InChI is InChI=1S/C10H19NO2/c1-3-13-10(12)8-11-7-5-4-6-9(11)2/h9H,3-8H2,1-2H3/t9-/m0/s1. The Hall–Kier alpha value is -0.570. The number of hydrogen-bond acceptors (Lipinski definition) is 3. The van der Waals surface area contributed by atoms with Gasteiger partial charge in [0.05, 0.1) is 13.2 Å². The molecule has 0 N–H and O–H groups in total. The first-order valence-corrected chi connectivity index (χ1v) is 5.13. The van der Waals surface area contributed by atoms with Crippen molar-refractivity contribution in [1.82, 2.24) is 4.90 Å². The minimum absolute atomic E-state index is 0.0868. The maximum atomic E-state index is 11.2. The van der Waals surface area contributed by atoms with Gasteiger partial charge >= 0.3 is 5.97 Å². The van der Waals surface area contributed by atoms with Crippen LogP contribution in [0.1, 0.15) is 33.1 Å². The van der Waals surface area contributed by atoms with E-state index in [1.54, 1.807) is 0 Å². The van der Waals surface area contributed by atoms with E-state index >= 15 is 0 Å². The van der Waals surface area contributed by atoms with Crippen molar-refractivity contribution in [3.8, 4) is 0 Å². The van der Waals surface area contributed by atoms with E-state index in [0.717, 1.165) is 6.54 Å². The molecule has 0 radical (unpaired) electrons. The molecule has 1 atom stereocenters. The highest BCUT2D eigenvalue weighted by Gasteiger charge is 2.20. The first-order valence-electron chi connectivity index (χ1n) is 5.13. The second kappa shape index (κ2) is 5.22. The van der Waals surface area contributed by atoms with Crippen LogP contribution in [0.25, 0.3) is 0 Å². The van der Waals surface area contributed by atoms with Gasteiger partial charge < -0.3 is 4.74 Å². The summed E-state index contributed by atoms with van der Waals surface area (Å²) in [5.41, 5.74) is 0. The number of piperidine rings is 1. The van der Waals surface area contributed by atoms with Gasteiger partial charge in [0.15, 0.2) is 0 Å². The zero-order valence-corrected chi connectivity index (χ0v) is 8.58. The summed E-state index contributed by atoms with van der Waals surface area (Å²) in [6, 6.07) is 0.540. The van der Waals surface area contributed by atoms with E-state index in [9.17, 15) is 4.79 Å². The Morgan fingerprint density at radius 3 is 2.92 bits per heavy atom. The smallest absolute Gasteiger partial charge is 0.320 e. The lowest BCUT2D eigenvalue weighted by Crippen LogP contribution is -2.41. The summed E-state index contributed by atoms with van der Waals surface area (Å²) in [6.07, 6.45) is 3.71. The first kappa shape index (κ1) is 10.5. The zero-order valence-electron chi connectivity index (χ0n) is 8.58. The third kappa shape index (κ3) is 3.35. The number of rotatable bonds is 3. The lowest BCUT2D eigenvalue weighted by molar-refractivity contribution is -0.145. The van der Waals surface area contributed by atoms with Gasteiger partial charge in [-0.05, 0) is 33.2 Å². The molecule has 13 heavy (non-hydrogen) atoms. The molecule has 0 aromatic rings. The zero-order chi connectivity index (χ0) is 9.68. The van der Waals surface area contributed by atoms with Crippen LogP contribution >= 0.6 is 0 Å². The second-order valence-electron chi connectivity index (χ2n) is 3.62. The lowest BCUT2D eigenvalue weighted by Gasteiger charge is -2.32. The molecule has 3 nitrogen and oxygen atoms in total. The van der Waals surface area contributed by atoms with Crippen molar-refractivity contribution in [3.05, 3.63) is 0 Å². The van der Waals surface area contributed by atoms with Crippen molar-refractivity contribution in [2.75, 3.05) is 19.7 Å². The number of carbonyl (C=O) groups excluding carboxylic acids is 1. The van der Waals surface area contributed by atoms with Crippen LogP contribution in [0.15, 0.2) is 0 Å². The minimum Gasteiger partial charge on any atom is -0.465 e. The third-order valence-electron chi connectivity index (χ3n) is 2.58. The normalized spacial score (nSPS) is 24.3. The van der Waals surface area contributed by atoms with E-state index in [0.29, 0.717) is 19.2 Å². The van der Waals surface area contributed by atoms with Crippen LogP contribution in [-0.4, -0.2) is 36.6 Å². The second-order valence-corrected chi connectivity index (χ2v) is 3.62. The van der Waals surface area contributed by atoms with E-state index in [1.807, 2.05) is 6.92 Å². The fourth-order valence-corrected chi connectivity index (χ4v) is 1.76. The van der Waals surface area contributed by atoms with Crippen molar-refractivity contribution in [1.29, 1.82) is 0 Å². The Morgan fingerprint density at radius 2 is 2.31 bits per heavy atom. The number of hydrogen-bond donors (Lipinski definition) is 0. The van der Waals surface area contributed by atoms with Gasteiger partial charge in [-0.15, -0.1) is 0 Å². The number of nitrogens with zero attached hydrogens (tertiary/aromatic N) is 1. The van der Waals surface area contributed by atoms with Crippen LogP contribution in [0.2, 0.25) is 0 Å². The number of likely N-dealkylation sites (tertiary alicyclic amines) is 1. The van der Waals surface area contributed by atoms with E-state index in [-0.39, 0.29) is 5.97 Å². The van der Waals surface area contributed by atoms with Crippen LogP contribution in [0.3, 0.4) is 0 Å². The van der Waals surface area contributed by atoms with Crippen LogP contribution in [-0.2, 0) is 9.53 Å². The van der Waals surface area contributed by atoms with Gasteiger partial charge in [0.1, 0.15) is 0 Å². The molecule has 1 aliphatic rings. The van der Waals surface area contributed by atoms with Gasteiger partial charge in [0.25, 0.3) is 0 Å². The van der Waals surface area contributed by atoms with E-state index in [4.69, 9.17) is 4.74 Å². The van der Waals surface area contributed by atoms with Gasteiger partial charge in [0, 0.05) is 6.04 Å². The maximum absolute atomic E-state index is 11.2. The monoisotopic (exact) mass is 185 g/mol. The molecule has 1 fully saturated rings. The summed E-state index contributed by atoms with van der Waals surface area (Å²) < 4.78 is 4.91. The molecular formula is C10H19NO2. The summed E-state index contributed by atoms with van der Waals surface area (Å²) in [6.45, 7) is 6.02. The summed E-state index contributed by atoms with van der Waals surface area (Å²) in [4.78, 5) is 13.4. The van der Waals surface area contributed by atoms with Gasteiger partial charge in [0.2, 0.25) is 0 Å². The number of carbonyl (C=O) groups is 1. The molecule has 0 aromatic carbocycles. The quantitative estimate of drug-likeness (QED) is 0.623. The highest BCUT2D eigenvalue weighted by Crippen LogP contribution is 2.15. The number of esters is 1. The fourth-order valence-electron chi connectivity index (χ4n) is 1.76. The molecule has 0 saturated carbocycles. The van der Waals surface area contributed by atoms with Crippen LogP contribution in [0.4, 0.5) is 0 Å². The topological polar surface area (TPSA) is 29.5 Å². The molecular weight excluding hydrogens is 166 g/mol. The molecule has 0 unspecified atom stereocenters. The predicted octanol–water partition coefficient (Wildman–Crippen LogP) is 1.42. The Bertz CT molecular complexity index is 170. The molecule has 0 aliphatic carbocycles. The summed E-state index contributed by atoms with van der Waals surface area (Å²) in [5.74, 6) is -0.0868. The highest BCUT2D eigenvalue weighted by molar-refractivity contribution is 5.71. The Morgan fingerprint density at radius 1 is 1.54 bits per heavy atom. The molecule has 0 amide bonds. The van der Waals surface area contributed by atoms with Crippen molar-refractivity contribution >= 4 is 5.97 Å². The number of ether oxygens (including phenoxy) is 1. The summed E-state index contributed by atoms with van der Waals surface area (Å²) >= 11 is 0. The Labute approximate surface area is 80.1 Å². The molecule has 1 saturated heterocycles. The van der Waals surface area contributed by atoms with Crippen LogP contribution in [0.5, 0.6) is 0 Å². The maximum Gasteiger partial charge on any atom is 0.320 e. The fraction of sp³-hybridized carbons (Fsp3) is 0.900. The third-order valence-corrected chi connectivity index (χ3v) is 2.58. The predicted molar refractivity (Wildman–Crippen MR) is 51.5 cm³/mol. The summed E-state index contributed by atoms with van der Waals surface area (Å²) in [7, 11) is 0. The first-order chi connectivity index (χ1) is 6.24. The Balaban J connectivity index is 2.29. The molecule has 3 heteroatoms. The van der Waals surface area contributed by atoms with Gasteiger partial charge in [-0.1, -0.05) is 6.42 Å². The summed E-state index contributed by atoms with van der Waals surface area (Å²) in [5, 5.41) is 0. The molecule has 0 aromatic heterocycles. The van der Waals surface area contributed by atoms with Crippen molar-refractivity contribution in [2.24, 2.45) is 0 Å². The van der Waals surface area contributed by atoms with E-state index in [2.05, 4.69) is 11.8 Å². The molecule has 76 valence electrons. The minimum atomic E-state index is -0.0868.